The number of carbonyl (C=O) groups is 2. The zero-order valence-electron chi connectivity index (χ0n) is 14.5. The Balaban J connectivity index is 1.75. The Kier molecular flexibility index (Phi) is 5.02. The number of anilines is 2. The smallest absolute Gasteiger partial charge is 0.322 e. The topological polar surface area (TPSA) is 81.3 Å². The number of hydrogen-bond donors (Lipinski definition) is 2. The fourth-order valence-electron chi connectivity index (χ4n) is 3.09. The molecule has 0 bridgehead atoms. The highest BCUT2D eigenvalue weighted by Gasteiger charge is 2.29. The lowest BCUT2D eigenvalue weighted by molar-refractivity contribution is -0.116. The van der Waals surface area contributed by atoms with Gasteiger partial charge in [0, 0.05) is 44.3 Å². The zero-order valence-corrected chi connectivity index (χ0v) is 14.5. The monoisotopic (exact) mass is 341 g/mol. The van der Waals surface area contributed by atoms with Gasteiger partial charge < -0.3 is 20.1 Å². The molecule has 25 heavy (non-hydrogen) atoms. The molecule has 132 valence electrons. The van der Waals surface area contributed by atoms with Gasteiger partial charge in [0.05, 0.1) is 6.04 Å². The molecule has 1 atom stereocenters. The minimum atomic E-state index is -0.149. The van der Waals surface area contributed by atoms with E-state index in [1.165, 1.54) is 6.92 Å². The second kappa shape index (κ2) is 7.38. The largest absolute Gasteiger partial charge is 0.347 e. The van der Waals surface area contributed by atoms with Crippen molar-refractivity contribution < 1.29 is 9.59 Å². The number of amides is 3. The van der Waals surface area contributed by atoms with Crippen molar-refractivity contribution in [1.29, 1.82) is 0 Å². The summed E-state index contributed by atoms with van der Waals surface area (Å²) in [7, 11) is 1.71. The number of H-pyrrole nitrogens is 1. The second-order valence-electron chi connectivity index (χ2n) is 6.24. The van der Waals surface area contributed by atoms with Gasteiger partial charge in [-0.25, -0.2) is 9.78 Å². The third-order valence-electron chi connectivity index (χ3n) is 4.56. The third-order valence-corrected chi connectivity index (χ3v) is 4.56. The lowest BCUT2D eigenvalue weighted by Crippen LogP contribution is -2.41. The molecular weight excluding hydrogens is 318 g/mol. The highest BCUT2D eigenvalue weighted by atomic mass is 16.2. The third kappa shape index (κ3) is 3.81. The SMILES string of the molecule is CC(=O)N(C)c1cccc(NC(=O)N2CCCC[C@@H]2c2ncc[nH]2)c1. The molecule has 0 unspecified atom stereocenters. The average molecular weight is 341 g/mol. The van der Waals surface area contributed by atoms with Crippen molar-refractivity contribution in [3.05, 3.63) is 42.5 Å². The van der Waals surface area contributed by atoms with E-state index in [0.29, 0.717) is 12.2 Å². The molecule has 1 fully saturated rings. The summed E-state index contributed by atoms with van der Waals surface area (Å²) in [5, 5.41) is 2.95. The molecule has 0 aliphatic carbocycles. The van der Waals surface area contributed by atoms with E-state index in [0.717, 1.165) is 30.8 Å². The first kappa shape index (κ1) is 17.0. The molecule has 7 nitrogen and oxygen atoms in total. The lowest BCUT2D eigenvalue weighted by Gasteiger charge is -2.34. The van der Waals surface area contributed by atoms with E-state index in [1.54, 1.807) is 30.4 Å². The van der Waals surface area contributed by atoms with Gasteiger partial charge in [0.25, 0.3) is 0 Å². The van der Waals surface area contributed by atoms with Crippen molar-refractivity contribution in [3.8, 4) is 0 Å². The van der Waals surface area contributed by atoms with Crippen molar-refractivity contribution in [2.45, 2.75) is 32.2 Å². The van der Waals surface area contributed by atoms with Gasteiger partial charge in [0.15, 0.2) is 0 Å². The minimum Gasteiger partial charge on any atom is -0.347 e. The van der Waals surface area contributed by atoms with Crippen LogP contribution in [0, 0.1) is 0 Å². The van der Waals surface area contributed by atoms with Crippen LogP contribution < -0.4 is 10.2 Å². The first-order valence-corrected chi connectivity index (χ1v) is 8.47. The van der Waals surface area contributed by atoms with E-state index in [2.05, 4.69) is 15.3 Å². The van der Waals surface area contributed by atoms with Crippen LogP contribution in [0.25, 0.3) is 0 Å². The van der Waals surface area contributed by atoms with Crippen molar-refractivity contribution in [2.24, 2.45) is 0 Å². The molecule has 3 rings (SSSR count). The standard InChI is InChI=1S/C18H23N5O2/c1-13(24)22(2)15-7-5-6-14(12-15)21-18(25)23-11-4-3-8-16(23)17-19-9-10-20-17/h5-7,9-10,12,16H,3-4,8,11H2,1-2H3,(H,19,20)(H,21,25)/t16-/m1/s1. The van der Waals surface area contributed by atoms with Crippen LogP contribution >= 0.6 is 0 Å². The number of carbonyl (C=O) groups excluding carboxylic acids is 2. The molecule has 1 saturated heterocycles. The molecule has 1 aromatic carbocycles. The molecule has 0 spiro atoms. The maximum atomic E-state index is 12.8. The fourth-order valence-corrected chi connectivity index (χ4v) is 3.09. The van der Waals surface area contributed by atoms with Gasteiger partial charge in [-0.15, -0.1) is 0 Å². The van der Waals surface area contributed by atoms with Crippen LogP contribution in [0.1, 0.15) is 38.1 Å². The van der Waals surface area contributed by atoms with Crippen molar-refractivity contribution in [1.82, 2.24) is 14.9 Å². The molecule has 3 amide bonds. The minimum absolute atomic E-state index is 0.0353. The van der Waals surface area contributed by atoms with Gasteiger partial charge in [-0.3, -0.25) is 4.79 Å². The Hall–Kier alpha value is -2.83. The molecule has 0 radical (unpaired) electrons. The number of nitrogens with one attached hydrogen (secondary N) is 2. The number of piperidine rings is 1. The molecule has 2 N–H and O–H groups in total. The Morgan fingerprint density at radius 3 is 2.92 bits per heavy atom. The van der Waals surface area contributed by atoms with Gasteiger partial charge in [-0.1, -0.05) is 6.07 Å². The first-order chi connectivity index (χ1) is 12.1. The van der Waals surface area contributed by atoms with Gasteiger partial charge >= 0.3 is 6.03 Å². The summed E-state index contributed by atoms with van der Waals surface area (Å²) >= 11 is 0. The van der Waals surface area contributed by atoms with E-state index >= 15 is 0 Å². The van der Waals surface area contributed by atoms with Crippen LogP contribution in [0.4, 0.5) is 16.2 Å². The highest BCUT2D eigenvalue weighted by molar-refractivity contribution is 5.93. The number of imidazole rings is 1. The van der Waals surface area contributed by atoms with Crippen LogP contribution in [0.3, 0.4) is 0 Å². The predicted octanol–water partition coefficient (Wildman–Crippen LogP) is 3.15. The van der Waals surface area contributed by atoms with E-state index in [9.17, 15) is 9.59 Å². The molecule has 1 aliphatic heterocycles. The number of benzene rings is 1. The number of aromatic amines is 1. The second-order valence-corrected chi connectivity index (χ2v) is 6.24. The summed E-state index contributed by atoms with van der Waals surface area (Å²) in [6, 6.07) is 7.09. The summed E-state index contributed by atoms with van der Waals surface area (Å²) in [5.74, 6) is 0.761. The zero-order chi connectivity index (χ0) is 17.8. The number of nitrogens with zero attached hydrogens (tertiary/aromatic N) is 3. The summed E-state index contributed by atoms with van der Waals surface area (Å²) in [4.78, 5) is 35.1. The van der Waals surface area contributed by atoms with Crippen LogP contribution in [-0.4, -0.2) is 40.4 Å². The predicted molar refractivity (Wildman–Crippen MR) is 96.4 cm³/mol. The van der Waals surface area contributed by atoms with Crippen LogP contribution in [0.15, 0.2) is 36.7 Å². The molecule has 1 aromatic heterocycles. The normalized spacial score (nSPS) is 17.2. The Labute approximate surface area is 147 Å². The number of aromatic nitrogens is 2. The number of urea groups is 1. The average Bonchev–Trinajstić information content (AvgIpc) is 3.15. The maximum Gasteiger partial charge on any atom is 0.322 e. The van der Waals surface area contributed by atoms with Gasteiger partial charge in [0.1, 0.15) is 5.82 Å². The Morgan fingerprint density at radius 2 is 2.20 bits per heavy atom. The Morgan fingerprint density at radius 1 is 1.36 bits per heavy atom. The Bertz CT molecular complexity index is 744. The van der Waals surface area contributed by atoms with Crippen molar-refractivity contribution in [2.75, 3.05) is 23.8 Å². The van der Waals surface area contributed by atoms with E-state index < -0.39 is 0 Å². The molecule has 2 heterocycles. The maximum absolute atomic E-state index is 12.8. The summed E-state index contributed by atoms with van der Waals surface area (Å²) < 4.78 is 0. The summed E-state index contributed by atoms with van der Waals surface area (Å²) in [6.07, 6.45) is 6.45. The molecule has 0 saturated carbocycles. The molecule has 1 aliphatic rings. The van der Waals surface area contributed by atoms with Crippen molar-refractivity contribution in [3.63, 3.8) is 0 Å². The van der Waals surface area contributed by atoms with Gasteiger partial charge in [0.2, 0.25) is 5.91 Å². The van der Waals surface area contributed by atoms with Crippen LogP contribution in [-0.2, 0) is 4.79 Å². The van der Waals surface area contributed by atoms with Crippen LogP contribution in [0.5, 0.6) is 0 Å². The number of likely N-dealkylation sites (tertiary alicyclic amines) is 1. The van der Waals surface area contributed by atoms with E-state index in [1.807, 2.05) is 23.1 Å². The summed E-state index contributed by atoms with van der Waals surface area (Å²) in [6.45, 7) is 2.21. The molecule has 7 heteroatoms. The lowest BCUT2D eigenvalue weighted by atomic mass is 10.0. The molecule has 2 aromatic rings. The first-order valence-electron chi connectivity index (χ1n) is 8.47. The number of rotatable bonds is 3. The van der Waals surface area contributed by atoms with Crippen LogP contribution in [0.2, 0.25) is 0 Å². The summed E-state index contributed by atoms with van der Waals surface area (Å²) in [5.41, 5.74) is 1.41. The van der Waals surface area contributed by atoms with E-state index in [4.69, 9.17) is 0 Å². The van der Waals surface area contributed by atoms with Gasteiger partial charge in [-0.2, -0.15) is 0 Å². The quantitative estimate of drug-likeness (QED) is 0.900. The highest BCUT2D eigenvalue weighted by Crippen LogP contribution is 2.29. The van der Waals surface area contributed by atoms with Crippen molar-refractivity contribution >= 4 is 23.3 Å². The fraction of sp³-hybridized carbons (Fsp3) is 0.389. The van der Waals surface area contributed by atoms with Gasteiger partial charge in [-0.05, 0) is 37.5 Å². The molecular formula is C18H23N5O2. The van der Waals surface area contributed by atoms with E-state index in [-0.39, 0.29) is 18.0 Å². The number of hydrogen-bond acceptors (Lipinski definition) is 3.